The van der Waals surface area contributed by atoms with Gasteiger partial charge in [0.1, 0.15) is 0 Å². The number of halogens is 3. The van der Waals surface area contributed by atoms with Crippen molar-refractivity contribution in [1.29, 1.82) is 0 Å². The molecular formula is C22H23BF3NO3. The van der Waals surface area contributed by atoms with E-state index in [2.05, 4.69) is 0 Å². The highest BCUT2D eigenvalue weighted by atomic mass is 19.4. The predicted octanol–water partition coefficient (Wildman–Crippen LogP) is 3.68. The van der Waals surface area contributed by atoms with Gasteiger partial charge in [-0.2, -0.15) is 13.2 Å². The van der Waals surface area contributed by atoms with Crippen molar-refractivity contribution < 1.29 is 27.6 Å². The van der Waals surface area contributed by atoms with Crippen molar-refractivity contribution in [1.82, 2.24) is 0 Å². The topological polar surface area (TPSA) is 49.8 Å². The summed E-state index contributed by atoms with van der Waals surface area (Å²) >= 11 is 0. The molecule has 0 spiro atoms. The normalized spacial score (nSPS) is 18.1. The zero-order valence-corrected chi connectivity index (χ0v) is 16.9. The Bertz CT molecular complexity index is 984. The summed E-state index contributed by atoms with van der Waals surface area (Å²) in [6.07, 6.45) is -2.90. The molecule has 0 radical (unpaired) electrons. The van der Waals surface area contributed by atoms with Crippen LogP contribution in [0.1, 0.15) is 53.7 Å². The van der Waals surface area contributed by atoms with Crippen LogP contribution in [0, 0.1) is 0 Å². The highest BCUT2D eigenvalue weighted by Gasteiger charge is 2.41. The quantitative estimate of drug-likeness (QED) is 0.609. The van der Waals surface area contributed by atoms with E-state index in [0.29, 0.717) is 16.7 Å². The average Bonchev–Trinajstić information content (AvgIpc) is 3.27. The number of carbonyl (C=O) groups is 1. The SMILES string of the molecule is CC1(C)OB(O)c2cc(CC(=O)c3ccc(N4CCCC4)cc3C(F)(F)F)ccc21. The monoisotopic (exact) mass is 417 g/mol. The number of Topliss-reactive ketones (excluding diaryl/α,β-unsaturated/α-hetero) is 1. The highest BCUT2D eigenvalue weighted by Crippen LogP contribution is 2.36. The lowest BCUT2D eigenvalue weighted by atomic mass is 9.77. The number of anilines is 1. The van der Waals surface area contributed by atoms with Crippen LogP contribution in [0.2, 0.25) is 0 Å². The smallest absolute Gasteiger partial charge is 0.423 e. The minimum atomic E-state index is -4.62. The summed E-state index contributed by atoms with van der Waals surface area (Å²) in [5, 5.41) is 10.1. The third-order valence-corrected chi connectivity index (χ3v) is 5.88. The van der Waals surface area contributed by atoms with E-state index in [1.54, 1.807) is 24.3 Å². The zero-order valence-electron chi connectivity index (χ0n) is 16.9. The molecule has 0 saturated carbocycles. The third kappa shape index (κ3) is 3.86. The Labute approximate surface area is 173 Å². The molecule has 8 heteroatoms. The first-order chi connectivity index (χ1) is 14.1. The molecule has 0 atom stereocenters. The second kappa shape index (κ2) is 7.43. The minimum absolute atomic E-state index is 0.188. The van der Waals surface area contributed by atoms with Crippen molar-refractivity contribution >= 4 is 24.1 Å². The molecule has 2 aliphatic rings. The number of benzene rings is 2. The zero-order chi connectivity index (χ0) is 21.7. The van der Waals surface area contributed by atoms with Crippen molar-refractivity contribution in [3.63, 3.8) is 0 Å². The molecule has 1 N–H and O–H groups in total. The molecule has 0 unspecified atom stereocenters. The Morgan fingerprint density at radius 1 is 1.17 bits per heavy atom. The molecule has 2 aromatic rings. The Morgan fingerprint density at radius 3 is 2.53 bits per heavy atom. The van der Waals surface area contributed by atoms with Gasteiger partial charge >= 0.3 is 13.3 Å². The highest BCUT2D eigenvalue weighted by molar-refractivity contribution is 6.62. The van der Waals surface area contributed by atoms with Gasteiger partial charge in [-0.1, -0.05) is 18.2 Å². The number of carbonyl (C=O) groups excluding carboxylic acids is 1. The molecule has 2 aromatic carbocycles. The number of alkyl halides is 3. The van der Waals surface area contributed by atoms with E-state index in [9.17, 15) is 23.0 Å². The summed E-state index contributed by atoms with van der Waals surface area (Å²) in [6, 6.07) is 9.06. The van der Waals surface area contributed by atoms with Crippen molar-refractivity contribution in [2.24, 2.45) is 0 Å². The number of hydrogen-bond acceptors (Lipinski definition) is 4. The lowest BCUT2D eigenvalue weighted by Gasteiger charge is -2.21. The second-order valence-electron chi connectivity index (χ2n) is 8.42. The number of ketones is 1. The van der Waals surface area contributed by atoms with Crippen LogP contribution in [-0.2, 0) is 22.9 Å². The maximum Gasteiger partial charge on any atom is 0.492 e. The molecule has 0 bridgehead atoms. The number of rotatable bonds is 4. The third-order valence-electron chi connectivity index (χ3n) is 5.88. The molecular weight excluding hydrogens is 394 g/mol. The van der Waals surface area contributed by atoms with Gasteiger partial charge in [0, 0.05) is 30.8 Å². The van der Waals surface area contributed by atoms with Crippen molar-refractivity contribution in [2.75, 3.05) is 18.0 Å². The predicted molar refractivity (Wildman–Crippen MR) is 109 cm³/mol. The second-order valence-corrected chi connectivity index (χ2v) is 8.42. The molecule has 30 heavy (non-hydrogen) atoms. The van der Waals surface area contributed by atoms with Gasteiger partial charge in [0.05, 0.1) is 11.2 Å². The van der Waals surface area contributed by atoms with E-state index in [1.165, 1.54) is 6.07 Å². The summed E-state index contributed by atoms with van der Waals surface area (Å²) in [7, 11) is -1.12. The van der Waals surface area contributed by atoms with Gasteiger partial charge in [-0.3, -0.25) is 4.79 Å². The fourth-order valence-corrected chi connectivity index (χ4v) is 4.34. The minimum Gasteiger partial charge on any atom is -0.423 e. The Morgan fingerprint density at radius 2 is 1.87 bits per heavy atom. The van der Waals surface area contributed by atoms with E-state index in [-0.39, 0.29) is 12.0 Å². The number of nitrogens with zero attached hydrogens (tertiary/aromatic N) is 1. The summed E-state index contributed by atoms with van der Waals surface area (Å²) in [4.78, 5) is 14.7. The Balaban J connectivity index is 1.63. The first-order valence-electron chi connectivity index (χ1n) is 10.0. The first-order valence-corrected chi connectivity index (χ1v) is 10.0. The standard InChI is InChI=1S/C22H23BF3NO3/c1-21(2)17-8-5-14(11-19(17)23(29)30-21)12-20(28)16-7-6-15(27-9-3-4-10-27)13-18(16)22(24,25)26/h5-8,11,13,29H,3-4,9-10,12H2,1-2H3. The van der Waals surface area contributed by atoms with E-state index in [0.717, 1.165) is 37.6 Å². The van der Waals surface area contributed by atoms with Gasteiger partial charge in [0.2, 0.25) is 0 Å². The molecule has 2 aliphatic heterocycles. The van der Waals surface area contributed by atoms with Gasteiger partial charge in [0.25, 0.3) is 0 Å². The van der Waals surface area contributed by atoms with Crippen LogP contribution in [0.15, 0.2) is 36.4 Å². The van der Waals surface area contributed by atoms with Gasteiger partial charge in [-0.05, 0) is 61.5 Å². The maximum atomic E-state index is 13.7. The molecule has 0 aliphatic carbocycles. The van der Waals surface area contributed by atoms with E-state index in [4.69, 9.17) is 4.65 Å². The molecule has 4 rings (SSSR count). The maximum absolute atomic E-state index is 13.7. The van der Waals surface area contributed by atoms with Gasteiger partial charge in [-0.15, -0.1) is 0 Å². The number of hydrogen-bond donors (Lipinski definition) is 1. The van der Waals surface area contributed by atoms with Crippen LogP contribution in [0.25, 0.3) is 0 Å². The largest absolute Gasteiger partial charge is 0.492 e. The summed E-state index contributed by atoms with van der Waals surface area (Å²) in [5.41, 5.74) is 0.493. The van der Waals surface area contributed by atoms with E-state index >= 15 is 0 Å². The molecule has 158 valence electrons. The summed E-state index contributed by atoms with van der Waals surface area (Å²) in [5.74, 6) is -0.608. The van der Waals surface area contributed by atoms with Crippen LogP contribution >= 0.6 is 0 Å². The summed E-state index contributed by atoms with van der Waals surface area (Å²) in [6.45, 7) is 5.09. The van der Waals surface area contributed by atoms with Crippen LogP contribution in [0.4, 0.5) is 18.9 Å². The van der Waals surface area contributed by atoms with Crippen LogP contribution in [0.3, 0.4) is 0 Å². The van der Waals surface area contributed by atoms with Crippen molar-refractivity contribution in [3.8, 4) is 0 Å². The fraction of sp³-hybridized carbons (Fsp3) is 0.409. The van der Waals surface area contributed by atoms with Crippen LogP contribution < -0.4 is 10.4 Å². The van der Waals surface area contributed by atoms with Gasteiger partial charge in [-0.25, -0.2) is 0 Å². The summed E-state index contributed by atoms with van der Waals surface area (Å²) < 4.78 is 46.6. The molecule has 1 saturated heterocycles. The lowest BCUT2D eigenvalue weighted by Crippen LogP contribution is -2.29. The first kappa shape index (κ1) is 20.9. The van der Waals surface area contributed by atoms with Gasteiger partial charge in [0.15, 0.2) is 5.78 Å². The lowest BCUT2D eigenvalue weighted by molar-refractivity contribution is -0.137. The van der Waals surface area contributed by atoms with Crippen LogP contribution in [0.5, 0.6) is 0 Å². The van der Waals surface area contributed by atoms with E-state index in [1.807, 2.05) is 18.7 Å². The average molecular weight is 417 g/mol. The van der Waals surface area contributed by atoms with E-state index < -0.39 is 30.2 Å². The molecule has 2 heterocycles. The molecule has 0 amide bonds. The van der Waals surface area contributed by atoms with Crippen molar-refractivity contribution in [3.05, 3.63) is 58.7 Å². The molecule has 1 fully saturated rings. The van der Waals surface area contributed by atoms with Crippen LogP contribution in [-0.4, -0.2) is 31.0 Å². The molecule has 0 aromatic heterocycles. The van der Waals surface area contributed by atoms with Gasteiger partial charge < -0.3 is 14.6 Å². The fourth-order valence-electron chi connectivity index (χ4n) is 4.34. The number of fused-ring (bicyclic) bond motifs is 1. The Kier molecular flexibility index (Phi) is 5.18. The molecule has 4 nitrogen and oxygen atoms in total. The van der Waals surface area contributed by atoms with Crippen molar-refractivity contribution in [2.45, 2.75) is 44.9 Å². The Hall–Kier alpha value is -2.32.